The molecule has 0 radical (unpaired) electrons. The molecule has 0 aliphatic carbocycles. The van der Waals surface area contributed by atoms with Gasteiger partial charge in [0.1, 0.15) is 11.6 Å². The van der Waals surface area contributed by atoms with E-state index in [1.165, 1.54) is 23.5 Å². The molecule has 0 aliphatic heterocycles. The van der Waals surface area contributed by atoms with Gasteiger partial charge in [-0.05, 0) is 72.3 Å². The maximum Gasteiger partial charge on any atom is 0.303 e. The summed E-state index contributed by atoms with van der Waals surface area (Å²) >= 11 is 7.66. The topological polar surface area (TPSA) is 81.4 Å². The summed E-state index contributed by atoms with van der Waals surface area (Å²) in [6.07, 6.45) is 1.28. The Hall–Kier alpha value is -4.01. The molecule has 0 saturated carbocycles. The van der Waals surface area contributed by atoms with Gasteiger partial charge in [0, 0.05) is 34.2 Å². The molecule has 186 valence electrons. The fourth-order valence-electron chi connectivity index (χ4n) is 4.09. The average molecular weight is 535 g/mol. The number of carboxylic acid groups (broad SMARTS) is 1. The number of aromatic nitrogens is 2. The highest BCUT2D eigenvalue weighted by atomic mass is 35.5. The van der Waals surface area contributed by atoms with E-state index in [0.29, 0.717) is 32.3 Å². The molecule has 2 heterocycles. The summed E-state index contributed by atoms with van der Waals surface area (Å²) in [6.45, 7) is 0. The minimum absolute atomic E-state index is 0.128. The van der Waals surface area contributed by atoms with Gasteiger partial charge in [0.05, 0.1) is 29.6 Å². The molecule has 6 nitrogen and oxygen atoms in total. The zero-order valence-corrected chi connectivity index (χ0v) is 21.1. The smallest absolute Gasteiger partial charge is 0.303 e. The van der Waals surface area contributed by atoms with Crippen molar-refractivity contribution in [1.29, 1.82) is 0 Å². The Balaban J connectivity index is 1.68. The summed E-state index contributed by atoms with van der Waals surface area (Å²) in [7, 11) is 1.60. The third-order valence-corrected chi connectivity index (χ3v) is 7.26. The summed E-state index contributed by atoms with van der Waals surface area (Å²) in [4.78, 5) is 29.7. The van der Waals surface area contributed by atoms with Gasteiger partial charge in [-0.2, -0.15) is 0 Å². The number of aliphatic carboxylic acids is 1. The van der Waals surface area contributed by atoms with E-state index < -0.39 is 5.97 Å². The molecule has 0 saturated heterocycles. The van der Waals surface area contributed by atoms with Crippen LogP contribution < -0.4 is 4.74 Å². The monoisotopic (exact) mass is 534 g/mol. The second kappa shape index (κ2) is 10.2. The van der Waals surface area contributed by atoms with Crippen molar-refractivity contribution in [3.63, 3.8) is 0 Å². The lowest BCUT2D eigenvalue weighted by Gasteiger charge is -2.04. The van der Waals surface area contributed by atoms with Gasteiger partial charge in [-0.15, -0.1) is 0 Å². The predicted octanol–water partition coefficient (Wildman–Crippen LogP) is 7.27. The number of methoxy groups -OCH3 is 1. The number of carboxylic acids is 1. The summed E-state index contributed by atoms with van der Waals surface area (Å²) in [5.74, 6) is -0.958. The molecule has 9 heteroatoms. The van der Waals surface area contributed by atoms with Gasteiger partial charge in [0.25, 0.3) is 0 Å². The highest BCUT2D eigenvalue weighted by Crippen LogP contribution is 2.40. The van der Waals surface area contributed by atoms with Gasteiger partial charge in [-0.25, -0.2) is 9.37 Å². The Morgan fingerprint density at radius 3 is 2.41 bits per heavy atom. The molecule has 3 aromatic carbocycles. The van der Waals surface area contributed by atoms with Gasteiger partial charge in [-0.3, -0.25) is 14.2 Å². The fourth-order valence-corrected chi connectivity index (χ4v) is 5.35. The number of thiazole rings is 1. The van der Waals surface area contributed by atoms with Crippen LogP contribution in [0.25, 0.3) is 37.7 Å². The SMILES string of the molecule is COc1ccc(-c2sc(-n3cc(C(=O)CCC(=O)O)c4cc(Cl)ccc43)nc2-c2ccc(F)cc2)cc1. The number of hydrogen-bond acceptors (Lipinski definition) is 5. The van der Waals surface area contributed by atoms with Crippen LogP contribution in [0, 0.1) is 5.82 Å². The Kier molecular flexibility index (Phi) is 6.78. The lowest BCUT2D eigenvalue weighted by atomic mass is 10.1. The second-order valence-electron chi connectivity index (χ2n) is 8.30. The number of halogens is 2. The largest absolute Gasteiger partial charge is 0.497 e. The van der Waals surface area contributed by atoms with Crippen LogP contribution in [-0.2, 0) is 4.79 Å². The summed E-state index contributed by atoms with van der Waals surface area (Å²) in [5.41, 5.74) is 3.40. The van der Waals surface area contributed by atoms with E-state index in [2.05, 4.69) is 0 Å². The third kappa shape index (κ3) is 4.98. The Labute approximate surface area is 220 Å². The van der Waals surface area contributed by atoms with Crippen LogP contribution in [0.3, 0.4) is 0 Å². The van der Waals surface area contributed by atoms with E-state index in [1.807, 2.05) is 28.8 Å². The van der Waals surface area contributed by atoms with Crippen LogP contribution in [0.4, 0.5) is 4.39 Å². The van der Waals surface area contributed by atoms with Crippen LogP contribution >= 0.6 is 22.9 Å². The zero-order valence-electron chi connectivity index (χ0n) is 19.6. The normalized spacial score (nSPS) is 11.1. The number of hydrogen-bond donors (Lipinski definition) is 1. The van der Waals surface area contributed by atoms with Crippen molar-refractivity contribution in [2.24, 2.45) is 0 Å². The van der Waals surface area contributed by atoms with Gasteiger partial charge in [-0.1, -0.05) is 22.9 Å². The molecule has 5 aromatic rings. The zero-order chi connectivity index (χ0) is 26.1. The van der Waals surface area contributed by atoms with Crippen molar-refractivity contribution in [3.8, 4) is 32.6 Å². The number of nitrogens with zero attached hydrogens (tertiary/aromatic N) is 2. The summed E-state index contributed by atoms with van der Waals surface area (Å²) in [5, 5.41) is 10.7. The molecule has 0 aliphatic rings. The van der Waals surface area contributed by atoms with Gasteiger partial charge in [0.15, 0.2) is 10.9 Å². The minimum atomic E-state index is -1.04. The van der Waals surface area contributed by atoms with E-state index in [9.17, 15) is 14.0 Å². The molecule has 0 atom stereocenters. The number of fused-ring (bicyclic) bond motifs is 1. The molecule has 0 bridgehead atoms. The summed E-state index contributed by atoms with van der Waals surface area (Å²) < 4.78 is 20.8. The highest BCUT2D eigenvalue weighted by molar-refractivity contribution is 7.18. The average Bonchev–Trinajstić information content (AvgIpc) is 3.50. The quantitative estimate of drug-likeness (QED) is 0.212. The van der Waals surface area contributed by atoms with E-state index in [4.69, 9.17) is 26.4 Å². The standard InChI is InChI=1S/C28H20ClFN2O4S/c1-36-20-9-4-17(5-10-20)27-26(16-2-7-19(30)8-3-16)31-28(37-27)32-15-22(24(33)12-13-25(34)35)21-14-18(29)6-11-23(21)32/h2-11,14-15H,12-13H2,1H3,(H,34,35). The summed E-state index contributed by atoms with van der Waals surface area (Å²) in [6, 6.07) is 18.9. The number of ketones is 1. The molecule has 0 fully saturated rings. The van der Waals surface area contributed by atoms with Crippen molar-refractivity contribution in [1.82, 2.24) is 9.55 Å². The predicted molar refractivity (Wildman–Crippen MR) is 143 cm³/mol. The highest BCUT2D eigenvalue weighted by Gasteiger charge is 2.21. The molecule has 0 spiro atoms. The number of rotatable bonds is 8. The maximum atomic E-state index is 13.7. The Morgan fingerprint density at radius 2 is 1.73 bits per heavy atom. The molecule has 0 unspecified atom stereocenters. The van der Waals surface area contributed by atoms with Crippen molar-refractivity contribution in [2.45, 2.75) is 12.8 Å². The van der Waals surface area contributed by atoms with Crippen molar-refractivity contribution >= 4 is 45.6 Å². The van der Waals surface area contributed by atoms with Crippen LogP contribution in [0.5, 0.6) is 5.75 Å². The molecule has 37 heavy (non-hydrogen) atoms. The molecular weight excluding hydrogens is 515 g/mol. The van der Waals surface area contributed by atoms with Crippen molar-refractivity contribution in [3.05, 3.63) is 89.3 Å². The van der Waals surface area contributed by atoms with Crippen LogP contribution in [0.15, 0.2) is 72.9 Å². The fraction of sp³-hybridized carbons (Fsp3) is 0.107. The first-order valence-electron chi connectivity index (χ1n) is 11.3. The lowest BCUT2D eigenvalue weighted by Crippen LogP contribution is -2.03. The van der Waals surface area contributed by atoms with E-state index >= 15 is 0 Å². The number of carbonyl (C=O) groups excluding carboxylic acids is 1. The second-order valence-corrected chi connectivity index (χ2v) is 9.71. The first-order chi connectivity index (χ1) is 17.8. The minimum Gasteiger partial charge on any atom is -0.497 e. The number of benzene rings is 3. The molecule has 0 amide bonds. The lowest BCUT2D eigenvalue weighted by molar-refractivity contribution is -0.136. The van der Waals surface area contributed by atoms with Crippen LogP contribution in [0.2, 0.25) is 5.02 Å². The van der Waals surface area contributed by atoms with E-state index in [-0.39, 0.29) is 24.4 Å². The van der Waals surface area contributed by atoms with Gasteiger partial charge >= 0.3 is 5.97 Å². The number of Topliss-reactive ketones (excluding diaryl/α,β-unsaturated/α-hetero) is 1. The molecule has 5 rings (SSSR count). The maximum absolute atomic E-state index is 13.7. The molecular formula is C28H20ClFN2O4S. The Bertz CT molecular complexity index is 1630. The van der Waals surface area contributed by atoms with E-state index in [0.717, 1.165) is 21.8 Å². The Morgan fingerprint density at radius 1 is 1.03 bits per heavy atom. The van der Waals surface area contributed by atoms with Crippen LogP contribution in [-0.4, -0.2) is 33.5 Å². The first-order valence-corrected chi connectivity index (χ1v) is 12.5. The first kappa shape index (κ1) is 24.7. The number of ether oxygens (including phenoxy) is 1. The molecule has 2 aromatic heterocycles. The third-order valence-electron chi connectivity index (χ3n) is 5.92. The van der Waals surface area contributed by atoms with Crippen molar-refractivity contribution in [2.75, 3.05) is 7.11 Å². The number of carbonyl (C=O) groups is 2. The van der Waals surface area contributed by atoms with Crippen LogP contribution in [0.1, 0.15) is 23.2 Å². The van der Waals surface area contributed by atoms with Crippen molar-refractivity contribution < 1.29 is 23.8 Å². The molecule has 1 N–H and O–H groups in total. The van der Waals surface area contributed by atoms with Gasteiger partial charge in [0.2, 0.25) is 0 Å². The van der Waals surface area contributed by atoms with E-state index in [1.54, 1.807) is 43.6 Å². The van der Waals surface area contributed by atoms with Gasteiger partial charge < -0.3 is 9.84 Å².